The van der Waals surface area contributed by atoms with E-state index in [9.17, 15) is 8.42 Å². The first-order valence-corrected chi connectivity index (χ1v) is 9.51. The summed E-state index contributed by atoms with van der Waals surface area (Å²) in [5.74, 6) is 1.86. The molecular weight excluding hydrogens is 346 g/mol. The third-order valence-corrected chi connectivity index (χ3v) is 5.27. The van der Waals surface area contributed by atoms with Crippen molar-refractivity contribution in [2.24, 2.45) is 0 Å². The van der Waals surface area contributed by atoms with Gasteiger partial charge in [0.15, 0.2) is 0 Å². The minimum atomic E-state index is -3.70. The van der Waals surface area contributed by atoms with Crippen molar-refractivity contribution in [1.82, 2.24) is 9.36 Å². The second-order valence-electron chi connectivity index (χ2n) is 4.86. The fourth-order valence-corrected chi connectivity index (χ4v) is 3.80. The lowest BCUT2D eigenvalue weighted by Crippen LogP contribution is -2.12. The Bertz CT molecular complexity index is 907. The van der Waals surface area contributed by atoms with Gasteiger partial charge in [-0.3, -0.25) is 4.72 Å². The van der Waals surface area contributed by atoms with E-state index < -0.39 is 10.0 Å². The van der Waals surface area contributed by atoms with Crippen molar-refractivity contribution in [3.8, 4) is 11.5 Å². The zero-order valence-electron chi connectivity index (χ0n) is 12.8. The molecule has 0 amide bonds. The number of aryl methyl sites for hydroxylation is 1. The van der Waals surface area contributed by atoms with Crippen LogP contribution < -0.4 is 9.46 Å². The monoisotopic (exact) mass is 361 g/mol. The first-order chi connectivity index (χ1) is 11.6. The van der Waals surface area contributed by atoms with Crippen LogP contribution in [0.25, 0.3) is 0 Å². The van der Waals surface area contributed by atoms with E-state index in [4.69, 9.17) is 4.74 Å². The average molecular weight is 361 g/mol. The Morgan fingerprint density at radius 3 is 2.33 bits per heavy atom. The van der Waals surface area contributed by atoms with Crippen LogP contribution in [0.1, 0.15) is 12.7 Å². The third-order valence-electron chi connectivity index (χ3n) is 3.12. The molecule has 0 fully saturated rings. The summed E-state index contributed by atoms with van der Waals surface area (Å²) in [6.07, 6.45) is 0.656. The van der Waals surface area contributed by atoms with Crippen molar-refractivity contribution in [2.75, 3.05) is 4.72 Å². The molecule has 0 aliphatic rings. The Morgan fingerprint density at radius 2 is 1.71 bits per heavy atom. The zero-order valence-corrected chi connectivity index (χ0v) is 14.5. The molecule has 1 N–H and O–H groups in total. The summed E-state index contributed by atoms with van der Waals surface area (Å²) in [5.41, 5.74) is 0. The number of anilines is 1. The summed E-state index contributed by atoms with van der Waals surface area (Å²) in [6.45, 7) is 1.91. The van der Waals surface area contributed by atoms with Gasteiger partial charge in [-0.15, -0.1) is 0 Å². The second-order valence-corrected chi connectivity index (χ2v) is 7.30. The van der Waals surface area contributed by atoms with Gasteiger partial charge < -0.3 is 4.74 Å². The van der Waals surface area contributed by atoms with Gasteiger partial charge in [-0.2, -0.15) is 4.37 Å². The Morgan fingerprint density at radius 1 is 1.04 bits per heavy atom. The number of sulfonamides is 1. The van der Waals surface area contributed by atoms with Gasteiger partial charge in [-0.1, -0.05) is 25.1 Å². The molecule has 3 aromatic rings. The normalized spacial score (nSPS) is 11.2. The van der Waals surface area contributed by atoms with Gasteiger partial charge in [0.25, 0.3) is 10.0 Å². The Labute approximate surface area is 144 Å². The molecule has 6 nitrogen and oxygen atoms in total. The first kappa shape index (κ1) is 16.4. The fourth-order valence-electron chi connectivity index (χ4n) is 1.92. The van der Waals surface area contributed by atoms with Gasteiger partial charge in [0, 0.05) is 18.0 Å². The minimum absolute atomic E-state index is 0.135. The predicted molar refractivity (Wildman–Crippen MR) is 93.1 cm³/mol. The standard InChI is InChI=1S/C16H15N3O3S2/c1-2-15-17-16(23-18-15)19-24(20,21)14-10-8-13(9-11-14)22-12-6-4-3-5-7-12/h3-11H,2H2,1H3,(H,17,18,19). The number of hydrogen-bond donors (Lipinski definition) is 1. The smallest absolute Gasteiger partial charge is 0.263 e. The maximum absolute atomic E-state index is 12.4. The van der Waals surface area contributed by atoms with E-state index in [2.05, 4.69) is 14.1 Å². The van der Waals surface area contributed by atoms with Crippen molar-refractivity contribution >= 4 is 26.7 Å². The highest BCUT2D eigenvalue weighted by atomic mass is 32.2. The molecule has 1 heterocycles. The number of ether oxygens (including phenoxy) is 1. The van der Waals surface area contributed by atoms with Crippen LogP contribution in [0.3, 0.4) is 0 Å². The topological polar surface area (TPSA) is 81.2 Å². The van der Waals surface area contributed by atoms with Crippen molar-refractivity contribution in [2.45, 2.75) is 18.2 Å². The van der Waals surface area contributed by atoms with Crippen molar-refractivity contribution in [1.29, 1.82) is 0 Å². The highest BCUT2D eigenvalue weighted by molar-refractivity contribution is 7.93. The molecule has 0 saturated carbocycles. The minimum Gasteiger partial charge on any atom is -0.457 e. The van der Waals surface area contributed by atoms with Gasteiger partial charge in [-0.25, -0.2) is 13.4 Å². The molecule has 8 heteroatoms. The summed E-state index contributed by atoms with van der Waals surface area (Å²) < 4.78 is 36.8. The van der Waals surface area contributed by atoms with Crippen molar-refractivity contribution in [3.05, 3.63) is 60.4 Å². The number of rotatable bonds is 6. The lowest BCUT2D eigenvalue weighted by Gasteiger charge is -2.07. The van der Waals surface area contributed by atoms with Crippen LogP contribution in [-0.4, -0.2) is 17.8 Å². The van der Waals surface area contributed by atoms with Crippen molar-refractivity contribution < 1.29 is 13.2 Å². The average Bonchev–Trinajstić information content (AvgIpc) is 3.03. The molecule has 0 bridgehead atoms. The quantitative estimate of drug-likeness (QED) is 0.724. The number of aromatic nitrogens is 2. The summed E-state index contributed by atoms with van der Waals surface area (Å²) in [4.78, 5) is 4.24. The molecule has 3 rings (SSSR count). The molecule has 124 valence electrons. The zero-order chi connectivity index (χ0) is 17.0. The Balaban J connectivity index is 1.74. The molecule has 1 aromatic heterocycles. The molecule has 24 heavy (non-hydrogen) atoms. The summed E-state index contributed by atoms with van der Waals surface area (Å²) in [6, 6.07) is 15.5. The van der Waals surface area contributed by atoms with E-state index in [1.165, 1.54) is 12.1 Å². The van der Waals surface area contributed by atoms with Gasteiger partial charge in [-0.05, 0) is 36.4 Å². The molecule has 0 saturated heterocycles. The lowest BCUT2D eigenvalue weighted by molar-refractivity contribution is 0.482. The van der Waals surface area contributed by atoms with Gasteiger partial charge >= 0.3 is 0 Å². The molecule has 2 aromatic carbocycles. The highest BCUT2D eigenvalue weighted by Gasteiger charge is 2.16. The number of nitrogens with zero attached hydrogens (tertiary/aromatic N) is 2. The van der Waals surface area contributed by atoms with Crippen molar-refractivity contribution in [3.63, 3.8) is 0 Å². The fraction of sp³-hybridized carbons (Fsp3) is 0.125. The van der Waals surface area contributed by atoms with Crippen LogP contribution in [0.4, 0.5) is 5.13 Å². The van der Waals surface area contributed by atoms with Crippen LogP contribution in [-0.2, 0) is 16.4 Å². The van der Waals surface area contributed by atoms with E-state index in [-0.39, 0.29) is 10.0 Å². The van der Waals surface area contributed by atoms with Crippen LogP contribution in [0.15, 0.2) is 59.5 Å². The molecule has 0 atom stereocenters. The van der Waals surface area contributed by atoms with Crippen LogP contribution in [0.2, 0.25) is 0 Å². The van der Waals surface area contributed by atoms with Crippen LogP contribution in [0.5, 0.6) is 11.5 Å². The van der Waals surface area contributed by atoms with E-state index >= 15 is 0 Å². The highest BCUT2D eigenvalue weighted by Crippen LogP contribution is 2.24. The maximum atomic E-state index is 12.4. The largest absolute Gasteiger partial charge is 0.457 e. The molecule has 0 unspecified atom stereocenters. The molecule has 0 aliphatic carbocycles. The lowest BCUT2D eigenvalue weighted by atomic mass is 10.3. The summed E-state index contributed by atoms with van der Waals surface area (Å²) in [5, 5.41) is 0.261. The Hall–Kier alpha value is -2.45. The van der Waals surface area contributed by atoms with E-state index in [1.54, 1.807) is 12.1 Å². The number of benzene rings is 2. The maximum Gasteiger partial charge on any atom is 0.263 e. The summed E-state index contributed by atoms with van der Waals surface area (Å²) >= 11 is 1.02. The van der Waals surface area contributed by atoms with Gasteiger partial charge in [0.05, 0.1) is 4.90 Å². The van der Waals surface area contributed by atoms with E-state index in [0.29, 0.717) is 23.7 Å². The van der Waals surface area contributed by atoms with Crippen LogP contribution >= 0.6 is 11.5 Å². The molecule has 0 aliphatic heterocycles. The van der Waals surface area contributed by atoms with E-state index in [1.807, 2.05) is 37.3 Å². The van der Waals surface area contributed by atoms with Gasteiger partial charge in [0.1, 0.15) is 17.3 Å². The van der Waals surface area contributed by atoms with Crippen LogP contribution in [0, 0.1) is 0 Å². The van der Waals surface area contributed by atoms with Gasteiger partial charge in [0.2, 0.25) is 5.13 Å². The SMILES string of the molecule is CCc1nsc(NS(=O)(=O)c2ccc(Oc3ccccc3)cc2)n1. The molecular formula is C16H15N3O3S2. The van der Waals surface area contributed by atoms with E-state index in [0.717, 1.165) is 11.5 Å². The number of hydrogen-bond acceptors (Lipinski definition) is 6. The predicted octanol–water partition coefficient (Wildman–Crippen LogP) is 3.69. The number of nitrogens with one attached hydrogen (secondary N) is 1. The second kappa shape index (κ2) is 6.98. The first-order valence-electron chi connectivity index (χ1n) is 7.25. The molecule has 0 radical (unpaired) electrons. The molecule has 0 spiro atoms. The Kier molecular flexibility index (Phi) is 4.77. The third kappa shape index (κ3) is 3.90. The number of para-hydroxylation sites is 1. The summed E-state index contributed by atoms with van der Waals surface area (Å²) in [7, 11) is -3.70.